The van der Waals surface area contributed by atoms with Crippen LogP contribution in [0.4, 0.5) is 0 Å². The van der Waals surface area contributed by atoms with Crippen LogP contribution in [0.5, 0.6) is 5.75 Å². The van der Waals surface area contributed by atoms with Gasteiger partial charge in [-0.3, -0.25) is 4.79 Å². The predicted molar refractivity (Wildman–Crippen MR) is 67.0 cm³/mol. The first-order valence-electron chi connectivity index (χ1n) is 5.48. The molecule has 1 aromatic heterocycles. The van der Waals surface area contributed by atoms with E-state index < -0.39 is 0 Å². The maximum Gasteiger partial charge on any atom is 0.151 e. The minimum Gasteiger partial charge on any atom is -0.508 e. The normalized spacial score (nSPS) is 10.5. The van der Waals surface area contributed by atoms with E-state index in [1.54, 1.807) is 12.1 Å². The van der Waals surface area contributed by atoms with Crippen molar-refractivity contribution in [2.24, 2.45) is 0 Å². The Kier molecular flexibility index (Phi) is 2.76. The zero-order valence-electron chi connectivity index (χ0n) is 10.2. The molecular formula is C14H15NO2. The molecule has 0 aliphatic heterocycles. The third-order valence-corrected chi connectivity index (χ3v) is 3.02. The first kappa shape index (κ1) is 11.5. The molecule has 1 N–H and O–H groups in total. The molecule has 88 valence electrons. The summed E-state index contributed by atoms with van der Waals surface area (Å²) >= 11 is 0. The Morgan fingerprint density at radius 2 is 1.88 bits per heavy atom. The smallest absolute Gasteiger partial charge is 0.151 e. The first-order valence-corrected chi connectivity index (χ1v) is 5.48. The van der Waals surface area contributed by atoms with E-state index in [2.05, 4.69) is 0 Å². The van der Waals surface area contributed by atoms with Gasteiger partial charge in [-0.2, -0.15) is 0 Å². The van der Waals surface area contributed by atoms with Gasteiger partial charge in [0.25, 0.3) is 0 Å². The lowest BCUT2D eigenvalue weighted by Crippen LogP contribution is -2.01. The summed E-state index contributed by atoms with van der Waals surface area (Å²) in [6, 6.07) is 7.10. The summed E-state index contributed by atoms with van der Waals surface area (Å²) in [6.45, 7) is 5.82. The second-order valence-electron chi connectivity index (χ2n) is 4.25. The Labute approximate surface area is 100 Å². The van der Waals surface area contributed by atoms with Crippen molar-refractivity contribution in [2.75, 3.05) is 0 Å². The van der Waals surface area contributed by atoms with Crippen molar-refractivity contribution < 1.29 is 9.90 Å². The molecule has 0 bridgehead atoms. The van der Waals surface area contributed by atoms with Crippen molar-refractivity contribution in [3.05, 3.63) is 46.8 Å². The van der Waals surface area contributed by atoms with Crippen LogP contribution in [0.1, 0.15) is 27.3 Å². The van der Waals surface area contributed by atoms with E-state index in [0.29, 0.717) is 5.56 Å². The van der Waals surface area contributed by atoms with Crippen LogP contribution in [0.3, 0.4) is 0 Å². The Morgan fingerprint density at radius 3 is 2.41 bits per heavy atom. The molecule has 0 aliphatic carbocycles. The fourth-order valence-electron chi connectivity index (χ4n) is 2.17. The molecule has 0 saturated carbocycles. The number of nitrogens with zero attached hydrogens (tertiary/aromatic N) is 1. The maximum atomic E-state index is 10.9. The van der Waals surface area contributed by atoms with Gasteiger partial charge in [0.15, 0.2) is 6.29 Å². The molecule has 1 aromatic carbocycles. The monoisotopic (exact) mass is 229 g/mol. The zero-order valence-corrected chi connectivity index (χ0v) is 10.2. The van der Waals surface area contributed by atoms with Crippen molar-refractivity contribution in [3.63, 3.8) is 0 Å². The molecule has 3 heteroatoms. The van der Waals surface area contributed by atoms with Crippen LogP contribution in [-0.2, 0) is 0 Å². The van der Waals surface area contributed by atoms with Crippen LogP contribution in [0.25, 0.3) is 5.69 Å². The van der Waals surface area contributed by atoms with Crippen LogP contribution >= 0.6 is 0 Å². The quantitative estimate of drug-likeness (QED) is 0.804. The van der Waals surface area contributed by atoms with Gasteiger partial charge >= 0.3 is 0 Å². The number of carbonyl (C=O) groups is 1. The standard InChI is InChI=1S/C14H15NO2/c1-9-6-13(17)4-5-14(9)15-10(2)7-12(8-16)11(15)3/h4-8,17H,1-3H3. The molecule has 0 aliphatic rings. The van der Waals surface area contributed by atoms with Gasteiger partial charge in [0, 0.05) is 22.6 Å². The topological polar surface area (TPSA) is 42.2 Å². The highest BCUT2D eigenvalue weighted by atomic mass is 16.3. The minimum absolute atomic E-state index is 0.254. The summed E-state index contributed by atoms with van der Waals surface area (Å²) < 4.78 is 2.03. The van der Waals surface area contributed by atoms with Crippen LogP contribution in [0.15, 0.2) is 24.3 Å². The van der Waals surface area contributed by atoms with Crippen LogP contribution in [0.2, 0.25) is 0 Å². The highest BCUT2D eigenvalue weighted by Gasteiger charge is 2.11. The largest absolute Gasteiger partial charge is 0.508 e. The fraction of sp³-hybridized carbons (Fsp3) is 0.214. The number of carbonyl (C=O) groups excluding carboxylic acids is 1. The Morgan fingerprint density at radius 1 is 1.18 bits per heavy atom. The third kappa shape index (κ3) is 1.84. The molecule has 1 heterocycles. The molecule has 2 rings (SSSR count). The van der Waals surface area contributed by atoms with E-state index in [4.69, 9.17) is 0 Å². The molecule has 0 spiro atoms. The number of aromatic nitrogens is 1. The SMILES string of the molecule is Cc1cc(O)ccc1-n1c(C)cc(C=O)c1C. The highest BCUT2D eigenvalue weighted by molar-refractivity contribution is 5.77. The summed E-state index contributed by atoms with van der Waals surface area (Å²) in [5, 5.41) is 9.41. The molecule has 3 nitrogen and oxygen atoms in total. The van der Waals surface area contributed by atoms with E-state index in [9.17, 15) is 9.90 Å². The van der Waals surface area contributed by atoms with Gasteiger partial charge in [-0.1, -0.05) is 0 Å². The number of aromatic hydroxyl groups is 1. The van der Waals surface area contributed by atoms with E-state index in [-0.39, 0.29) is 5.75 Å². The number of aryl methyl sites for hydroxylation is 2. The van der Waals surface area contributed by atoms with Gasteiger partial charge in [-0.25, -0.2) is 0 Å². The second-order valence-corrected chi connectivity index (χ2v) is 4.25. The van der Waals surface area contributed by atoms with Gasteiger partial charge < -0.3 is 9.67 Å². The Bertz CT molecular complexity index is 582. The molecule has 0 fully saturated rings. The molecular weight excluding hydrogens is 214 g/mol. The number of phenols is 1. The van der Waals surface area contributed by atoms with E-state index in [1.807, 2.05) is 37.5 Å². The van der Waals surface area contributed by atoms with Gasteiger partial charge in [0.2, 0.25) is 0 Å². The average molecular weight is 229 g/mol. The molecule has 2 aromatic rings. The number of phenolic OH excluding ortho intramolecular Hbond substituents is 1. The lowest BCUT2D eigenvalue weighted by Gasteiger charge is -2.12. The van der Waals surface area contributed by atoms with Crippen molar-refractivity contribution in [2.45, 2.75) is 20.8 Å². The summed E-state index contributed by atoms with van der Waals surface area (Å²) in [7, 11) is 0. The molecule has 0 radical (unpaired) electrons. The van der Waals surface area contributed by atoms with E-state index in [0.717, 1.165) is 28.9 Å². The van der Waals surface area contributed by atoms with Crippen molar-refractivity contribution in [1.29, 1.82) is 0 Å². The highest BCUT2D eigenvalue weighted by Crippen LogP contribution is 2.24. The summed E-state index contributed by atoms with van der Waals surface area (Å²) in [5.41, 5.74) is 4.61. The van der Waals surface area contributed by atoms with Crippen molar-refractivity contribution in [1.82, 2.24) is 4.57 Å². The zero-order chi connectivity index (χ0) is 12.6. The van der Waals surface area contributed by atoms with Gasteiger partial charge in [-0.15, -0.1) is 0 Å². The first-order chi connectivity index (χ1) is 8.04. The third-order valence-electron chi connectivity index (χ3n) is 3.02. The maximum absolute atomic E-state index is 10.9. The fourth-order valence-corrected chi connectivity index (χ4v) is 2.17. The van der Waals surface area contributed by atoms with Crippen molar-refractivity contribution >= 4 is 6.29 Å². The molecule has 0 atom stereocenters. The molecule has 0 amide bonds. The molecule has 17 heavy (non-hydrogen) atoms. The van der Waals surface area contributed by atoms with Gasteiger partial charge in [0.1, 0.15) is 5.75 Å². The van der Waals surface area contributed by atoms with Crippen molar-refractivity contribution in [3.8, 4) is 11.4 Å². The summed E-state index contributed by atoms with van der Waals surface area (Å²) in [5.74, 6) is 0.254. The lowest BCUT2D eigenvalue weighted by molar-refractivity contribution is 0.112. The number of rotatable bonds is 2. The molecule has 0 unspecified atom stereocenters. The average Bonchev–Trinajstić information content (AvgIpc) is 2.55. The second kappa shape index (κ2) is 4.09. The predicted octanol–water partition coefficient (Wildman–Crippen LogP) is 2.92. The molecule has 0 saturated heterocycles. The summed E-state index contributed by atoms with van der Waals surface area (Å²) in [4.78, 5) is 10.9. The number of aldehydes is 1. The van der Waals surface area contributed by atoms with Crippen LogP contribution in [0, 0.1) is 20.8 Å². The van der Waals surface area contributed by atoms with Gasteiger partial charge in [-0.05, 0) is 50.6 Å². The van der Waals surface area contributed by atoms with Crippen LogP contribution in [-0.4, -0.2) is 16.0 Å². The number of hydrogen-bond donors (Lipinski definition) is 1. The van der Waals surface area contributed by atoms with E-state index >= 15 is 0 Å². The van der Waals surface area contributed by atoms with E-state index in [1.165, 1.54) is 0 Å². The minimum atomic E-state index is 0.254. The van der Waals surface area contributed by atoms with Crippen LogP contribution < -0.4 is 0 Å². The number of hydrogen-bond acceptors (Lipinski definition) is 2. The summed E-state index contributed by atoms with van der Waals surface area (Å²) in [6.07, 6.45) is 0.870. The lowest BCUT2D eigenvalue weighted by atomic mass is 10.2. The number of benzene rings is 1. The van der Waals surface area contributed by atoms with Gasteiger partial charge in [0.05, 0.1) is 0 Å². The Balaban J connectivity index is 2.68. The Hall–Kier alpha value is -2.03.